The lowest BCUT2D eigenvalue weighted by atomic mass is 10.2. The van der Waals surface area contributed by atoms with Crippen LogP contribution in [0.15, 0.2) is 39.3 Å². The number of hydrogen-bond acceptors (Lipinski definition) is 4. The number of nitrogens with two attached hydrogens (primary N) is 1. The van der Waals surface area contributed by atoms with E-state index in [4.69, 9.17) is 10.5 Å². The quantitative estimate of drug-likeness (QED) is 0.654. The highest BCUT2D eigenvalue weighted by atomic mass is 79.9. The third kappa shape index (κ3) is 2.98. The number of rotatable bonds is 2. The third-order valence-electron chi connectivity index (χ3n) is 2.99. The molecular formula is C14H11Br2N3O2. The topological polar surface area (TPSA) is 76.4 Å². The Kier molecular flexibility index (Phi) is 3.77. The van der Waals surface area contributed by atoms with Crippen molar-refractivity contribution in [2.24, 2.45) is 0 Å². The summed E-state index contributed by atoms with van der Waals surface area (Å²) in [5.74, 6) is 0.399. The average molecular weight is 413 g/mol. The van der Waals surface area contributed by atoms with E-state index < -0.39 is 0 Å². The minimum Gasteiger partial charge on any atom is -0.482 e. The van der Waals surface area contributed by atoms with Crippen LogP contribution in [-0.2, 0) is 4.79 Å². The van der Waals surface area contributed by atoms with E-state index >= 15 is 0 Å². The lowest BCUT2D eigenvalue weighted by Crippen LogP contribution is -2.25. The highest BCUT2D eigenvalue weighted by Crippen LogP contribution is 2.37. The summed E-state index contributed by atoms with van der Waals surface area (Å²) in [4.78, 5) is 11.4. The molecule has 0 aliphatic carbocycles. The van der Waals surface area contributed by atoms with Gasteiger partial charge in [-0.15, -0.1) is 0 Å². The summed E-state index contributed by atoms with van der Waals surface area (Å²) in [5.41, 5.74) is 8.74. The molecule has 5 nitrogen and oxygen atoms in total. The van der Waals surface area contributed by atoms with Crippen molar-refractivity contribution in [2.45, 2.75) is 0 Å². The first-order valence-electron chi connectivity index (χ1n) is 6.11. The first kappa shape index (κ1) is 14.2. The maximum atomic E-state index is 11.4. The monoisotopic (exact) mass is 411 g/mol. The van der Waals surface area contributed by atoms with Gasteiger partial charge in [-0.05, 0) is 40.2 Å². The third-order valence-corrected chi connectivity index (χ3v) is 4.13. The van der Waals surface area contributed by atoms with Crippen LogP contribution < -0.4 is 21.1 Å². The van der Waals surface area contributed by atoms with Crippen molar-refractivity contribution in [2.75, 3.05) is 23.0 Å². The van der Waals surface area contributed by atoms with Gasteiger partial charge in [0.25, 0.3) is 5.91 Å². The summed E-state index contributed by atoms with van der Waals surface area (Å²) >= 11 is 6.89. The highest BCUT2D eigenvalue weighted by molar-refractivity contribution is 9.11. The molecular weight excluding hydrogens is 402 g/mol. The van der Waals surface area contributed by atoms with Crippen molar-refractivity contribution >= 4 is 60.5 Å². The minimum absolute atomic E-state index is 0.0114. The van der Waals surface area contributed by atoms with Gasteiger partial charge in [0.05, 0.1) is 22.7 Å². The van der Waals surface area contributed by atoms with Crippen LogP contribution >= 0.6 is 31.9 Å². The fourth-order valence-corrected chi connectivity index (χ4v) is 3.13. The van der Waals surface area contributed by atoms with E-state index in [9.17, 15) is 4.79 Å². The standard InChI is InChI=1S/C14H11Br2N3O2/c15-7-1-2-10(8(16)3-7)18-11-5-12-13(4-9(11)17)21-6-14(20)19-12/h1-5,18H,6,17H2,(H,19,20). The van der Waals surface area contributed by atoms with Crippen LogP contribution in [0.5, 0.6) is 5.75 Å². The van der Waals surface area contributed by atoms with Gasteiger partial charge in [0.15, 0.2) is 6.61 Å². The molecule has 21 heavy (non-hydrogen) atoms. The van der Waals surface area contributed by atoms with E-state index in [-0.39, 0.29) is 12.5 Å². The molecule has 0 saturated carbocycles. The summed E-state index contributed by atoms with van der Waals surface area (Å²) in [7, 11) is 0. The zero-order valence-corrected chi connectivity index (χ0v) is 13.9. The van der Waals surface area contributed by atoms with Gasteiger partial charge in [0.2, 0.25) is 0 Å². The van der Waals surface area contributed by atoms with Crippen LogP contribution in [0.3, 0.4) is 0 Å². The van der Waals surface area contributed by atoms with Gasteiger partial charge in [-0.3, -0.25) is 4.79 Å². The smallest absolute Gasteiger partial charge is 0.262 e. The molecule has 0 fully saturated rings. The lowest BCUT2D eigenvalue weighted by molar-refractivity contribution is -0.118. The van der Waals surface area contributed by atoms with Gasteiger partial charge in [0, 0.05) is 15.0 Å². The second-order valence-electron chi connectivity index (χ2n) is 4.52. The van der Waals surface area contributed by atoms with E-state index in [1.54, 1.807) is 12.1 Å². The molecule has 108 valence electrons. The maximum absolute atomic E-state index is 11.4. The number of carbonyl (C=O) groups excluding carboxylic acids is 1. The van der Waals surface area contributed by atoms with Gasteiger partial charge >= 0.3 is 0 Å². The predicted molar refractivity (Wildman–Crippen MR) is 90.1 cm³/mol. The molecule has 3 rings (SSSR count). The van der Waals surface area contributed by atoms with Crippen LogP contribution in [0.2, 0.25) is 0 Å². The molecule has 0 spiro atoms. The van der Waals surface area contributed by atoms with Gasteiger partial charge in [0.1, 0.15) is 5.75 Å². The number of amides is 1. The molecule has 0 atom stereocenters. The Morgan fingerprint density at radius 1 is 1.19 bits per heavy atom. The normalized spacial score (nSPS) is 13.1. The summed E-state index contributed by atoms with van der Waals surface area (Å²) in [6, 6.07) is 9.23. The molecule has 0 unspecified atom stereocenters. The van der Waals surface area contributed by atoms with E-state index in [2.05, 4.69) is 42.5 Å². The number of halogens is 2. The van der Waals surface area contributed by atoms with Crippen molar-refractivity contribution in [1.82, 2.24) is 0 Å². The van der Waals surface area contributed by atoms with Crippen LogP contribution in [0.4, 0.5) is 22.7 Å². The van der Waals surface area contributed by atoms with E-state index in [1.807, 2.05) is 18.2 Å². The van der Waals surface area contributed by atoms with Crippen LogP contribution in [-0.4, -0.2) is 12.5 Å². The molecule has 0 saturated heterocycles. The predicted octanol–water partition coefficient (Wildman–Crippen LogP) is 3.87. The largest absolute Gasteiger partial charge is 0.482 e. The van der Waals surface area contributed by atoms with Crippen molar-refractivity contribution in [3.63, 3.8) is 0 Å². The molecule has 4 N–H and O–H groups in total. The summed E-state index contributed by atoms with van der Waals surface area (Å²) in [6.07, 6.45) is 0. The van der Waals surface area contributed by atoms with Gasteiger partial charge in [-0.2, -0.15) is 0 Å². The van der Waals surface area contributed by atoms with E-state index in [1.165, 1.54) is 0 Å². The fourth-order valence-electron chi connectivity index (χ4n) is 1.99. The van der Waals surface area contributed by atoms with Crippen LogP contribution in [0, 0.1) is 0 Å². The molecule has 2 aromatic carbocycles. The van der Waals surface area contributed by atoms with Crippen LogP contribution in [0.25, 0.3) is 0 Å². The van der Waals surface area contributed by atoms with Gasteiger partial charge < -0.3 is 21.1 Å². The number of benzene rings is 2. The molecule has 7 heteroatoms. The summed E-state index contributed by atoms with van der Waals surface area (Å²) < 4.78 is 7.19. The van der Waals surface area contributed by atoms with E-state index in [0.29, 0.717) is 22.8 Å². The van der Waals surface area contributed by atoms with Crippen molar-refractivity contribution in [3.05, 3.63) is 39.3 Å². The number of fused-ring (bicyclic) bond motifs is 1. The summed E-state index contributed by atoms with van der Waals surface area (Å²) in [6.45, 7) is 0.0114. The molecule has 1 aliphatic heterocycles. The molecule has 1 heterocycles. The SMILES string of the molecule is Nc1cc2c(cc1Nc1ccc(Br)cc1Br)NC(=O)CO2. The van der Waals surface area contributed by atoms with Gasteiger partial charge in [-0.1, -0.05) is 15.9 Å². The van der Waals surface area contributed by atoms with Gasteiger partial charge in [-0.25, -0.2) is 0 Å². The molecule has 1 amide bonds. The summed E-state index contributed by atoms with van der Waals surface area (Å²) in [5, 5.41) is 5.99. The van der Waals surface area contributed by atoms with E-state index in [0.717, 1.165) is 14.6 Å². The zero-order chi connectivity index (χ0) is 15.0. The average Bonchev–Trinajstić information content (AvgIpc) is 2.43. The Bertz CT molecular complexity index is 734. The van der Waals surface area contributed by atoms with Crippen molar-refractivity contribution in [3.8, 4) is 5.75 Å². The molecule has 0 aromatic heterocycles. The van der Waals surface area contributed by atoms with Crippen LogP contribution in [0.1, 0.15) is 0 Å². The first-order chi connectivity index (χ1) is 10.0. The Morgan fingerprint density at radius 2 is 2.00 bits per heavy atom. The number of nitrogen functional groups attached to an aromatic ring is 1. The Balaban J connectivity index is 1.95. The Morgan fingerprint density at radius 3 is 2.76 bits per heavy atom. The number of carbonyl (C=O) groups is 1. The second-order valence-corrected chi connectivity index (χ2v) is 6.29. The number of hydrogen-bond donors (Lipinski definition) is 3. The number of ether oxygens (including phenoxy) is 1. The fraction of sp³-hybridized carbons (Fsp3) is 0.0714. The lowest BCUT2D eigenvalue weighted by Gasteiger charge is -2.20. The van der Waals surface area contributed by atoms with Crippen molar-refractivity contribution in [1.29, 1.82) is 0 Å². The Hall–Kier alpha value is -1.73. The highest BCUT2D eigenvalue weighted by Gasteiger charge is 2.18. The first-order valence-corrected chi connectivity index (χ1v) is 7.70. The number of nitrogens with one attached hydrogen (secondary N) is 2. The zero-order valence-electron chi connectivity index (χ0n) is 10.7. The Labute approximate surface area is 138 Å². The molecule has 2 aromatic rings. The maximum Gasteiger partial charge on any atom is 0.262 e. The minimum atomic E-state index is -0.178. The molecule has 0 bridgehead atoms. The molecule has 1 aliphatic rings. The number of anilines is 4. The second kappa shape index (κ2) is 5.57. The molecule has 0 radical (unpaired) electrons. The van der Waals surface area contributed by atoms with Crippen molar-refractivity contribution < 1.29 is 9.53 Å².